The molecule has 0 bridgehead atoms. The summed E-state index contributed by atoms with van der Waals surface area (Å²) in [5, 5.41) is 3.12. The second kappa shape index (κ2) is 6.82. The molecule has 4 aromatic rings. The summed E-state index contributed by atoms with van der Waals surface area (Å²) < 4.78 is 32.6. The Hall–Kier alpha value is -3.66. The van der Waals surface area contributed by atoms with Crippen molar-refractivity contribution < 1.29 is 12.8 Å². The summed E-state index contributed by atoms with van der Waals surface area (Å²) in [6.45, 7) is 1.86. The van der Waals surface area contributed by atoms with E-state index in [0.29, 0.717) is 17.0 Å². The van der Waals surface area contributed by atoms with Gasteiger partial charge in [0.25, 0.3) is 10.0 Å². The number of benzene rings is 2. The molecule has 9 nitrogen and oxygen atoms in total. The lowest BCUT2D eigenvalue weighted by Crippen LogP contribution is -2.12. The van der Waals surface area contributed by atoms with Crippen LogP contribution in [0.5, 0.6) is 0 Å². The topological polar surface area (TPSA) is 130 Å². The molecule has 0 saturated carbocycles. The first-order chi connectivity index (χ1) is 13.4. The third kappa shape index (κ3) is 3.71. The van der Waals surface area contributed by atoms with Gasteiger partial charge in [0, 0.05) is 29.2 Å². The van der Waals surface area contributed by atoms with Crippen molar-refractivity contribution >= 4 is 38.3 Å². The molecule has 4 rings (SSSR count). The average molecular weight is 397 g/mol. The summed E-state index contributed by atoms with van der Waals surface area (Å²) in [5.74, 6) is 0.00149. The Kier molecular flexibility index (Phi) is 4.32. The molecule has 2 aromatic heterocycles. The van der Waals surface area contributed by atoms with Crippen LogP contribution >= 0.6 is 0 Å². The van der Waals surface area contributed by atoms with Gasteiger partial charge in [-0.25, -0.2) is 23.2 Å². The number of sulfonamides is 1. The summed E-state index contributed by atoms with van der Waals surface area (Å²) in [7, 11) is -3.84. The van der Waals surface area contributed by atoms with Crippen LogP contribution in [0.3, 0.4) is 0 Å². The smallest absolute Gasteiger partial charge is 0.408 e. The van der Waals surface area contributed by atoms with E-state index in [-0.39, 0.29) is 10.5 Å². The lowest BCUT2D eigenvalue weighted by atomic mass is 10.3. The summed E-state index contributed by atoms with van der Waals surface area (Å²) in [6.07, 6.45) is 1.46. The van der Waals surface area contributed by atoms with Gasteiger partial charge in [-0.15, -0.1) is 0 Å². The van der Waals surface area contributed by atoms with E-state index in [1.54, 1.807) is 30.3 Å². The van der Waals surface area contributed by atoms with Crippen molar-refractivity contribution in [3.63, 3.8) is 0 Å². The Bertz CT molecular complexity index is 1310. The minimum absolute atomic E-state index is 0.0126. The molecule has 0 fully saturated rings. The Morgan fingerprint density at radius 3 is 2.50 bits per heavy atom. The number of fused-ring (bicyclic) bond motifs is 1. The Morgan fingerprint density at radius 1 is 1.00 bits per heavy atom. The minimum atomic E-state index is -3.84. The van der Waals surface area contributed by atoms with Crippen LogP contribution in [-0.4, -0.2) is 23.4 Å². The summed E-state index contributed by atoms with van der Waals surface area (Å²) in [6, 6.07) is 12.7. The van der Waals surface area contributed by atoms with E-state index in [4.69, 9.17) is 4.42 Å². The van der Waals surface area contributed by atoms with Gasteiger partial charge in [0.05, 0.1) is 10.4 Å². The van der Waals surface area contributed by atoms with Crippen molar-refractivity contribution in [3.05, 3.63) is 71.1 Å². The lowest BCUT2D eigenvalue weighted by Gasteiger charge is -2.10. The molecule has 2 heterocycles. The molecule has 0 aliphatic rings. The second-order valence-corrected chi connectivity index (χ2v) is 7.71. The van der Waals surface area contributed by atoms with Crippen LogP contribution in [0.25, 0.3) is 11.1 Å². The maximum absolute atomic E-state index is 12.6. The van der Waals surface area contributed by atoms with Crippen molar-refractivity contribution in [2.75, 3.05) is 10.0 Å². The number of nitrogens with one attached hydrogen (secondary N) is 3. The summed E-state index contributed by atoms with van der Waals surface area (Å²) in [4.78, 5) is 21.8. The van der Waals surface area contributed by atoms with Crippen LogP contribution in [0.15, 0.2) is 69.0 Å². The predicted octanol–water partition coefficient (Wildman–Crippen LogP) is 2.76. The SMILES string of the molecule is Cc1cc(Nc2ccc(NS(=O)(=O)c3ccc4[nH]c(=O)oc4c3)cc2)ncn1. The molecule has 28 heavy (non-hydrogen) atoms. The number of nitrogens with zero attached hydrogens (tertiary/aromatic N) is 2. The number of hydrogen-bond acceptors (Lipinski definition) is 7. The van der Waals surface area contributed by atoms with Crippen LogP contribution in [0.1, 0.15) is 5.69 Å². The normalized spacial score (nSPS) is 11.5. The van der Waals surface area contributed by atoms with Gasteiger partial charge in [-0.2, -0.15) is 0 Å². The Balaban J connectivity index is 1.53. The van der Waals surface area contributed by atoms with Gasteiger partial charge in [-0.3, -0.25) is 9.71 Å². The second-order valence-electron chi connectivity index (χ2n) is 6.02. The molecule has 0 spiro atoms. The van der Waals surface area contributed by atoms with Gasteiger partial charge in [-0.05, 0) is 43.3 Å². The molecule has 0 amide bonds. The van der Waals surface area contributed by atoms with Crippen LogP contribution in [0.4, 0.5) is 17.2 Å². The molecule has 2 aromatic carbocycles. The fourth-order valence-corrected chi connectivity index (χ4v) is 3.67. The molecule has 3 N–H and O–H groups in total. The average Bonchev–Trinajstić information content (AvgIpc) is 3.02. The van der Waals surface area contributed by atoms with Crippen LogP contribution in [-0.2, 0) is 10.0 Å². The van der Waals surface area contributed by atoms with E-state index in [1.165, 1.54) is 24.5 Å². The number of anilines is 3. The maximum Gasteiger partial charge on any atom is 0.417 e. The van der Waals surface area contributed by atoms with E-state index in [2.05, 4.69) is 25.0 Å². The van der Waals surface area contributed by atoms with Crippen molar-refractivity contribution in [3.8, 4) is 0 Å². The van der Waals surface area contributed by atoms with Crippen molar-refractivity contribution in [2.24, 2.45) is 0 Å². The number of aryl methyl sites for hydroxylation is 1. The predicted molar refractivity (Wildman–Crippen MR) is 104 cm³/mol. The fourth-order valence-electron chi connectivity index (χ4n) is 2.60. The van der Waals surface area contributed by atoms with Crippen molar-refractivity contribution in [1.82, 2.24) is 15.0 Å². The van der Waals surface area contributed by atoms with Crippen LogP contribution < -0.4 is 15.8 Å². The van der Waals surface area contributed by atoms with Gasteiger partial charge in [0.2, 0.25) is 0 Å². The molecule has 0 unspecified atom stereocenters. The van der Waals surface area contributed by atoms with E-state index < -0.39 is 15.8 Å². The number of oxazole rings is 1. The number of H-pyrrole nitrogens is 1. The first kappa shape index (κ1) is 17.7. The first-order valence-electron chi connectivity index (χ1n) is 8.20. The molecular weight excluding hydrogens is 382 g/mol. The highest BCUT2D eigenvalue weighted by Gasteiger charge is 2.16. The highest BCUT2D eigenvalue weighted by atomic mass is 32.2. The minimum Gasteiger partial charge on any atom is -0.408 e. The number of rotatable bonds is 5. The summed E-state index contributed by atoms with van der Waals surface area (Å²) >= 11 is 0. The van der Waals surface area contributed by atoms with Crippen LogP contribution in [0, 0.1) is 6.92 Å². The van der Waals surface area contributed by atoms with Crippen LogP contribution in [0.2, 0.25) is 0 Å². The third-order valence-corrected chi connectivity index (χ3v) is 5.30. The third-order valence-electron chi connectivity index (χ3n) is 3.92. The zero-order valence-electron chi connectivity index (χ0n) is 14.6. The largest absolute Gasteiger partial charge is 0.417 e. The fraction of sp³-hybridized carbons (Fsp3) is 0.0556. The van der Waals surface area contributed by atoms with Gasteiger partial charge >= 0.3 is 5.76 Å². The highest BCUT2D eigenvalue weighted by Crippen LogP contribution is 2.22. The van der Waals surface area contributed by atoms with Gasteiger partial charge in [0.15, 0.2) is 5.58 Å². The van der Waals surface area contributed by atoms with Gasteiger partial charge in [0.1, 0.15) is 12.1 Å². The molecule has 10 heteroatoms. The zero-order valence-corrected chi connectivity index (χ0v) is 15.4. The van der Waals surface area contributed by atoms with E-state index in [1.807, 2.05) is 6.92 Å². The molecule has 0 saturated heterocycles. The van der Waals surface area contributed by atoms with Crippen molar-refractivity contribution in [2.45, 2.75) is 11.8 Å². The number of aromatic amines is 1. The first-order valence-corrected chi connectivity index (χ1v) is 9.69. The highest BCUT2D eigenvalue weighted by molar-refractivity contribution is 7.92. The molecule has 0 radical (unpaired) electrons. The van der Waals surface area contributed by atoms with E-state index in [0.717, 1.165) is 11.4 Å². The Labute approximate surface area is 159 Å². The maximum atomic E-state index is 12.6. The van der Waals surface area contributed by atoms with Gasteiger partial charge < -0.3 is 9.73 Å². The molecule has 142 valence electrons. The van der Waals surface area contributed by atoms with Crippen molar-refractivity contribution in [1.29, 1.82) is 0 Å². The lowest BCUT2D eigenvalue weighted by molar-refractivity contribution is 0.554. The van der Waals surface area contributed by atoms with E-state index >= 15 is 0 Å². The Morgan fingerprint density at radius 2 is 1.75 bits per heavy atom. The number of hydrogen-bond donors (Lipinski definition) is 3. The van der Waals surface area contributed by atoms with Gasteiger partial charge in [-0.1, -0.05) is 0 Å². The molecule has 0 aliphatic heterocycles. The molecule has 0 aliphatic carbocycles. The molecule has 0 atom stereocenters. The molecular formula is C18H15N5O4S. The quantitative estimate of drug-likeness (QED) is 0.472. The zero-order chi connectivity index (χ0) is 19.7. The summed E-state index contributed by atoms with van der Waals surface area (Å²) in [5.41, 5.74) is 2.57. The number of aromatic nitrogens is 3. The standard InChI is InChI=1S/C18H15N5O4S/c1-11-8-17(20-10-19-11)21-12-2-4-13(5-3-12)23-28(25,26)14-6-7-15-16(9-14)27-18(24)22-15/h2-10,23H,1H3,(H,22,24)(H,19,20,21). The van der Waals surface area contributed by atoms with E-state index in [9.17, 15) is 13.2 Å². The monoisotopic (exact) mass is 397 g/mol.